The zero-order valence-electron chi connectivity index (χ0n) is 10.00. The summed E-state index contributed by atoms with van der Waals surface area (Å²) in [6, 6.07) is -0.0747. The van der Waals surface area contributed by atoms with E-state index in [2.05, 4.69) is 15.1 Å². The lowest BCUT2D eigenvalue weighted by Crippen LogP contribution is -2.03. The summed E-state index contributed by atoms with van der Waals surface area (Å²) in [6.45, 7) is 3.33. The lowest BCUT2D eigenvalue weighted by molar-refractivity contribution is 0.192. The van der Waals surface area contributed by atoms with Gasteiger partial charge in [-0.1, -0.05) is 5.16 Å². The highest BCUT2D eigenvalue weighted by Gasteiger charge is 2.24. The molecule has 0 aliphatic carbocycles. The molecule has 3 rings (SSSR count). The normalized spacial score (nSPS) is 21.3. The Hall–Kier alpha value is -1.31. The molecule has 7 heteroatoms. The lowest BCUT2D eigenvalue weighted by Gasteiger charge is -1.97. The van der Waals surface area contributed by atoms with E-state index >= 15 is 0 Å². The van der Waals surface area contributed by atoms with E-state index in [1.165, 1.54) is 11.3 Å². The van der Waals surface area contributed by atoms with Crippen LogP contribution in [0.15, 0.2) is 9.90 Å². The van der Waals surface area contributed by atoms with Crippen molar-refractivity contribution in [1.29, 1.82) is 0 Å². The summed E-state index contributed by atoms with van der Waals surface area (Å²) in [5, 5.41) is 6.76. The third kappa shape index (κ3) is 2.16. The Morgan fingerprint density at radius 1 is 1.50 bits per heavy atom. The molecular weight excluding hydrogens is 252 g/mol. The molecule has 2 N–H and O–H groups in total. The number of rotatable bonds is 3. The van der Waals surface area contributed by atoms with Crippen molar-refractivity contribution in [3.63, 3.8) is 0 Å². The van der Waals surface area contributed by atoms with Gasteiger partial charge in [0.05, 0.1) is 12.6 Å². The second-order valence-corrected chi connectivity index (χ2v) is 5.27. The van der Waals surface area contributed by atoms with Gasteiger partial charge in [-0.3, -0.25) is 0 Å². The van der Waals surface area contributed by atoms with Crippen LogP contribution >= 0.6 is 11.3 Å². The van der Waals surface area contributed by atoms with E-state index in [1.807, 2.05) is 12.3 Å². The Balaban J connectivity index is 1.83. The highest BCUT2D eigenvalue weighted by Crippen LogP contribution is 2.27. The Morgan fingerprint density at radius 2 is 2.39 bits per heavy atom. The van der Waals surface area contributed by atoms with Gasteiger partial charge in [0, 0.05) is 17.9 Å². The monoisotopic (exact) mass is 266 g/mol. The standard InChI is InChI=1S/C11H14N4O2S/c1-6(12)11-13-8(5-18-11)10-14-9(15-17-10)7-2-3-16-4-7/h5-7H,2-4,12H2,1H3. The molecule has 2 atom stereocenters. The predicted octanol–water partition coefficient (Wildman–Crippen LogP) is 1.72. The van der Waals surface area contributed by atoms with Gasteiger partial charge in [-0.2, -0.15) is 4.98 Å². The van der Waals surface area contributed by atoms with Gasteiger partial charge in [0.15, 0.2) is 5.82 Å². The number of aromatic nitrogens is 3. The van der Waals surface area contributed by atoms with E-state index < -0.39 is 0 Å². The molecule has 1 aliphatic rings. The van der Waals surface area contributed by atoms with E-state index in [0.29, 0.717) is 24.0 Å². The van der Waals surface area contributed by atoms with Crippen LogP contribution in [0.1, 0.15) is 36.1 Å². The number of hydrogen-bond donors (Lipinski definition) is 1. The fraction of sp³-hybridized carbons (Fsp3) is 0.545. The molecule has 2 aromatic rings. The second kappa shape index (κ2) is 4.75. The molecule has 0 spiro atoms. The molecule has 1 aliphatic heterocycles. The minimum Gasteiger partial charge on any atom is -0.381 e. The topological polar surface area (TPSA) is 87.1 Å². The van der Waals surface area contributed by atoms with Gasteiger partial charge in [-0.25, -0.2) is 4.98 Å². The molecule has 0 aromatic carbocycles. The maximum absolute atomic E-state index is 5.77. The smallest absolute Gasteiger partial charge is 0.277 e. The van der Waals surface area contributed by atoms with Gasteiger partial charge >= 0.3 is 0 Å². The van der Waals surface area contributed by atoms with Crippen LogP contribution in [0.4, 0.5) is 0 Å². The van der Waals surface area contributed by atoms with Crippen LogP contribution in [-0.4, -0.2) is 28.3 Å². The zero-order valence-corrected chi connectivity index (χ0v) is 10.8. The van der Waals surface area contributed by atoms with Gasteiger partial charge in [-0.05, 0) is 13.3 Å². The first-order valence-electron chi connectivity index (χ1n) is 5.87. The van der Waals surface area contributed by atoms with Crippen molar-refractivity contribution in [2.24, 2.45) is 5.73 Å². The minimum atomic E-state index is -0.0747. The van der Waals surface area contributed by atoms with Crippen LogP contribution in [0.2, 0.25) is 0 Å². The Kier molecular flexibility index (Phi) is 3.11. The van der Waals surface area contributed by atoms with Crippen molar-refractivity contribution >= 4 is 11.3 Å². The summed E-state index contributed by atoms with van der Waals surface area (Å²) in [4.78, 5) is 8.77. The van der Waals surface area contributed by atoms with E-state index in [9.17, 15) is 0 Å². The molecule has 0 saturated carbocycles. The van der Waals surface area contributed by atoms with Crippen LogP contribution in [0, 0.1) is 0 Å². The number of ether oxygens (including phenoxy) is 1. The first-order valence-corrected chi connectivity index (χ1v) is 6.74. The molecule has 0 bridgehead atoms. The fourth-order valence-electron chi connectivity index (χ4n) is 1.84. The zero-order chi connectivity index (χ0) is 12.5. The van der Waals surface area contributed by atoms with E-state index in [1.54, 1.807) is 0 Å². The molecule has 0 amide bonds. The average Bonchev–Trinajstić information content (AvgIpc) is 3.10. The molecule has 2 aromatic heterocycles. The summed E-state index contributed by atoms with van der Waals surface area (Å²) in [6.07, 6.45) is 0.946. The van der Waals surface area contributed by atoms with Crippen molar-refractivity contribution in [3.05, 3.63) is 16.2 Å². The van der Waals surface area contributed by atoms with Gasteiger partial charge in [0.1, 0.15) is 10.7 Å². The first kappa shape index (κ1) is 11.8. The highest BCUT2D eigenvalue weighted by molar-refractivity contribution is 7.10. The lowest BCUT2D eigenvalue weighted by atomic mass is 10.1. The number of nitrogens with zero attached hydrogens (tertiary/aromatic N) is 3. The maximum atomic E-state index is 5.77. The van der Waals surface area contributed by atoms with Gasteiger partial charge in [0.2, 0.25) is 0 Å². The van der Waals surface area contributed by atoms with Crippen molar-refractivity contribution in [2.45, 2.75) is 25.3 Å². The number of hydrogen-bond acceptors (Lipinski definition) is 7. The SMILES string of the molecule is CC(N)c1nc(-c2nc(C3CCOC3)no2)cs1. The summed E-state index contributed by atoms with van der Waals surface area (Å²) >= 11 is 1.51. The first-order chi connectivity index (χ1) is 8.74. The Morgan fingerprint density at radius 3 is 3.06 bits per heavy atom. The van der Waals surface area contributed by atoms with Crippen LogP contribution in [0.5, 0.6) is 0 Å². The minimum absolute atomic E-state index is 0.0747. The molecule has 3 heterocycles. The third-order valence-electron chi connectivity index (χ3n) is 2.87. The third-order valence-corrected chi connectivity index (χ3v) is 3.91. The van der Waals surface area contributed by atoms with Crippen LogP contribution in [0.3, 0.4) is 0 Å². The molecule has 1 saturated heterocycles. The van der Waals surface area contributed by atoms with Crippen LogP contribution < -0.4 is 5.73 Å². The van der Waals surface area contributed by atoms with Gasteiger partial charge in [0.25, 0.3) is 5.89 Å². The summed E-state index contributed by atoms with van der Waals surface area (Å²) in [5.74, 6) is 1.41. The fourth-order valence-corrected chi connectivity index (χ4v) is 2.59. The molecule has 6 nitrogen and oxygen atoms in total. The molecule has 18 heavy (non-hydrogen) atoms. The highest BCUT2D eigenvalue weighted by atomic mass is 32.1. The largest absolute Gasteiger partial charge is 0.381 e. The molecule has 0 radical (unpaired) electrons. The average molecular weight is 266 g/mol. The molecular formula is C11H14N4O2S. The number of nitrogens with two attached hydrogens (primary N) is 1. The second-order valence-electron chi connectivity index (χ2n) is 4.38. The van der Waals surface area contributed by atoms with Crippen LogP contribution in [0.25, 0.3) is 11.6 Å². The quantitative estimate of drug-likeness (QED) is 0.910. The predicted molar refractivity (Wildman–Crippen MR) is 66.2 cm³/mol. The van der Waals surface area contributed by atoms with Gasteiger partial charge < -0.3 is 15.0 Å². The summed E-state index contributed by atoms with van der Waals surface area (Å²) in [5.41, 5.74) is 6.47. The van der Waals surface area contributed by atoms with E-state index in [-0.39, 0.29) is 12.0 Å². The van der Waals surface area contributed by atoms with Crippen molar-refractivity contribution in [3.8, 4) is 11.6 Å². The summed E-state index contributed by atoms with van der Waals surface area (Å²) < 4.78 is 10.6. The Bertz CT molecular complexity index is 531. The van der Waals surface area contributed by atoms with E-state index in [0.717, 1.165) is 18.0 Å². The van der Waals surface area contributed by atoms with Crippen molar-refractivity contribution in [1.82, 2.24) is 15.1 Å². The van der Waals surface area contributed by atoms with E-state index in [4.69, 9.17) is 15.0 Å². The summed E-state index contributed by atoms with van der Waals surface area (Å²) in [7, 11) is 0. The van der Waals surface area contributed by atoms with Crippen molar-refractivity contribution in [2.75, 3.05) is 13.2 Å². The molecule has 2 unspecified atom stereocenters. The molecule has 1 fully saturated rings. The number of thiazole rings is 1. The van der Waals surface area contributed by atoms with Crippen molar-refractivity contribution < 1.29 is 9.26 Å². The maximum Gasteiger partial charge on any atom is 0.277 e. The Labute approximate surface area is 108 Å². The van der Waals surface area contributed by atoms with Crippen LogP contribution in [-0.2, 0) is 4.74 Å². The van der Waals surface area contributed by atoms with Gasteiger partial charge in [-0.15, -0.1) is 11.3 Å². The molecule has 96 valence electrons.